The van der Waals surface area contributed by atoms with Crippen LogP contribution in [-0.2, 0) is 6.42 Å². The summed E-state index contributed by atoms with van der Waals surface area (Å²) in [6.45, 7) is 0. The van der Waals surface area contributed by atoms with Crippen LogP contribution in [0.2, 0.25) is 0 Å². The van der Waals surface area contributed by atoms with Crippen molar-refractivity contribution < 1.29 is 14.3 Å². The Morgan fingerprint density at radius 1 is 0.913 bits per heavy atom. The normalized spacial score (nSPS) is 13.4. The summed E-state index contributed by atoms with van der Waals surface area (Å²) >= 11 is 0. The summed E-state index contributed by atoms with van der Waals surface area (Å²) < 4.78 is 5.30. The molecule has 0 aliphatic rings. The molecule has 3 aromatic rings. The van der Waals surface area contributed by atoms with Crippen molar-refractivity contribution in [3.8, 4) is 0 Å². The van der Waals surface area contributed by atoms with Crippen LogP contribution in [-0.4, -0.2) is 10.9 Å². The average Bonchev–Trinajstić information content (AvgIpc) is 3.15. The number of carbonyl (C=O) groups excluding carboxylic acids is 1. The minimum absolute atomic E-state index is 0.0849. The molecule has 0 saturated carbocycles. The summed E-state index contributed by atoms with van der Waals surface area (Å²) in [5.74, 6) is -0.264. The Kier molecular flexibility index (Phi) is 4.69. The fourth-order valence-corrected chi connectivity index (χ4v) is 2.69. The van der Waals surface area contributed by atoms with Gasteiger partial charge in [-0.05, 0) is 24.1 Å². The predicted octanol–water partition coefficient (Wildman–Crippen LogP) is 4.05. The highest BCUT2D eigenvalue weighted by Crippen LogP contribution is 2.29. The third-order valence-electron chi connectivity index (χ3n) is 3.91. The van der Waals surface area contributed by atoms with E-state index in [0.29, 0.717) is 17.7 Å². The molecule has 0 bridgehead atoms. The van der Waals surface area contributed by atoms with Crippen LogP contribution in [0.4, 0.5) is 0 Å². The second-order valence-corrected chi connectivity index (χ2v) is 5.49. The molecule has 3 rings (SSSR count). The van der Waals surface area contributed by atoms with Gasteiger partial charge in [0.2, 0.25) is 0 Å². The first-order chi connectivity index (χ1) is 11.3. The summed E-state index contributed by atoms with van der Waals surface area (Å²) in [4.78, 5) is 12.9. The number of Topliss-reactive ketones (excluding diaryl/α,β-unsaturated/α-hetero) is 1. The highest BCUT2D eigenvalue weighted by Gasteiger charge is 2.30. The molecule has 1 aromatic heterocycles. The zero-order chi connectivity index (χ0) is 16.1. The molecule has 3 nitrogen and oxygen atoms in total. The first-order valence-electron chi connectivity index (χ1n) is 7.60. The average molecular weight is 306 g/mol. The molecule has 3 heteroatoms. The van der Waals surface area contributed by atoms with Crippen LogP contribution in [0.1, 0.15) is 27.8 Å². The van der Waals surface area contributed by atoms with Crippen LogP contribution >= 0.6 is 0 Å². The molecular weight excluding hydrogens is 288 g/mol. The molecule has 0 amide bonds. The van der Waals surface area contributed by atoms with Gasteiger partial charge in [0.15, 0.2) is 5.78 Å². The van der Waals surface area contributed by atoms with Crippen molar-refractivity contribution >= 4 is 5.78 Å². The predicted molar refractivity (Wildman–Crippen MR) is 88.1 cm³/mol. The van der Waals surface area contributed by atoms with E-state index in [1.807, 2.05) is 48.5 Å². The molecule has 0 fully saturated rings. The van der Waals surface area contributed by atoms with Crippen LogP contribution < -0.4 is 0 Å². The molecule has 0 aliphatic heterocycles. The maximum atomic E-state index is 12.9. The molecule has 23 heavy (non-hydrogen) atoms. The largest absolute Gasteiger partial charge is 0.467 e. The van der Waals surface area contributed by atoms with Crippen molar-refractivity contribution in [1.29, 1.82) is 0 Å². The van der Waals surface area contributed by atoms with Gasteiger partial charge in [-0.1, -0.05) is 60.7 Å². The standard InChI is InChI=1S/C20H18O3/c21-19(16-10-5-2-6-11-16)17(14-15-8-3-1-4-9-15)20(22)18-12-7-13-23-18/h1-13,17,20,22H,14H2/t17-,20-/m0/s1. The molecule has 2 atom stereocenters. The second-order valence-electron chi connectivity index (χ2n) is 5.49. The summed E-state index contributed by atoms with van der Waals surface area (Å²) in [7, 11) is 0. The molecule has 2 aromatic carbocycles. The Labute approximate surface area is 135 Å². The summed E-state index contributed by atoms with van der Waals surface area (Å²) in [6.07, 6.45) is 0.986. The van der Waals surface area contributed by atoms with Crippen molar-refractivity contribution in [1.82, 2.24) is 0 Å². The highest BCUT2D eigenvalue weighted by molar-refractivity contribution is 5.98. The number of furan rings is 1. The van der Waals surface area contributed by atoms with Crippen LogP contribution in [0.5, 0.6) is 0 Å². The van der Waals surface area contributed by atoms with Crippen molar-refractivity contribution in [3.63, 3.8) is 0 Å². The number of aliphatic hydroxyl groups excluding tert-OH is 1. The fourth-order valence-electron chi connectivity index (χ4n) is 2.69. The van der Waals surface area contributed by atoms with E-state index in [2.05, 4.69) is 0 Å². The Hall–Kier alpha value is -2.65. The van der Waals surface area contributed by atoms with Gasteiger partial charge in [0, 0.05) is 5.56 Å². The minimum Gasteiger partial charge on any atom is -0.467 e. The number of benzene rings is 2. The number of carbonyl (C=O) groups is 1. The number of ketones is 1. The van der Waals surface area contributed by atoms with Gasteiger partial charge in [-0.25, -0.2) is 0 Å². The van der Waals surface area contributed by atoms with Crippen LogP contribution in [0, 0.1) is 5.92 Å². The molecule has 1 heterocycles. The zero-order valence-corrected chi connectivity index (χ0v) is 12.6. The summed E-state index contributed by atoms with van der Waals surface area (Å²) in [5, 5.41) is 10.6. The topological polar surface area (TPSA) is 50.4 Å². The van der Waals surface area contributed by atoms with E-state index in [1.165, 1.54) is 6.26 Å². The lowest BCUT2D eigenvalue weighted by Crippen LogP contribution is -2.24. The lowest BCUT2D eigenvalue weighted by molar-refractivity contribution is 0.0601. The Morgan fingerprint density at radius 2 is 1.57 bits per heavy atom. The first kappa shape index (κ1) is 15.3. The second kappa shape index (κ2) is 7.07. The van der Waals surface area contributed by atoms with Gasteiger partial charge in [-0.2, -0.15) is 0 Å². The van der Waals surface area contributed by atoms with E-state index in [4.69, 9.17) is 4.42 Å². The minimum atomic E-state index is -0.974. The Balaban J connectivity index is 1.91. The molecule has 0 radical (unpaired) electrons. The monoisotopic (exact) mass is 306 g/mol. The molecule has 0 unspecified atom stereocenters. The van der Waals surface area contributed by atoms with Crippen LogP contribution in [0.15, 0.2) is 83.5 Å². The SMILES string of the molecule is O=C(c1ccccc1)[C@H](Cc1ccccc1)[C@H](O)c1ccco1. The molecule has 0 aliphatic carbocycles. The van der Waals surface area contributed by atoms with Gasteiger partial charge < -0.3 is 9.52 Å². The van der Waals surface area contributed by atoms with Gasteiger partial charge in [0.05, 0.1) is 12.2 Å². The van der Waals surface area contributed by atoms with Gasteiger partial charge >= 0.3 is 0 Å². The molecule has 0 spiro atoms. The molecule has 1 N–H and O–H groups in total. The lowest BCUT2D eigenvalue weighted by Gasteiger charge is -2.20. The number of rotatable bonds is 6. The van der Waals surface area contributed by atoms with Crippen molar-refractivity contribution in [2.75, 3.05) is 0 Å². The number of hydrogen-bond acceptors (Lipinski definition) is 3. The fraction of sp³-hybridized carbons (Fsp3) is 0.150. The zero-order valence-electron chi connectivity index (χ0n) is 12.6. The van der Waals surface area contributed by atoms with E-state index in [9.17, 15) is 9.90 Å². The highest BCUT2D eigenvalue weighted by atomic mass is 16.4. The third kappa shape index (κ3) is 3.58. The van der Waals surface area contributed by atoms with E-state index in [1.54, 1.807) is 24.3 Å². The smallest absolute Gasteiger partial charge is 0.169 e. The lowest BCUT2D eigenvalue weighted by atomic mass is 9.86. The van der Waals surface area contributed by atoms with E-state index >= 15 is 0 Å². The number of hydrogen-bond donors (Lipinski definition) is 1. The Bertz CT molecular complexity index is 733. The third-order valence-corrected chi connectivity index (χ3v) is 3.91. The first-order valence-corrected chi connectivity index (χ1v) is 7.60. The van der Waals surface area contributed by atoms with Crippen molar-refractivity contribution in [2.24, 2.45) is 5.92 Å². The van der Waals surface area contributed by atoms with Crippen LogP contribution in [0.25, 0.3) is 0 Å². The number of aliphatic hydroxyl groups is 1. The molecule has 116 valence electrons. The maximum Gasteiger partial charge on any atom is 0.169 e. The van der Waals surface area contributed by atoms with Crippen LogP contribution in [0.3, 0.4) is 0 Å². The van der Waals surface area contributed by atoms with Crippen molar-refractivity contribution in [3.05, 3.63) is 95.9 Å². The van der Waals surface area contributed by atoms with E-state index < -0.39 is 12.0 Å². The quantitative estimate of drug-likeness (QED) is 0.699. The Morgan fingerprint density at radius 3 is 2.17 bits per heavy atom. The maximum absolute atomic E-state index is 12.9. The van der Waals surface area contributed by atoms with E-state index in [-0.39, 0.29) is 5.78 Å². The van der Waals surface area contributed by atoms with Gasteiger partial charge in [-0.3, -0.25) is 4.79 Å². The van der Waals surface area contributed by atoms with Gasteiger partial charge in [0.25, 0.3) is 0 Å². The van der Waals surface area contributed by atoms with Gasteiger partial charge in [-0.15, -0.1) is 0 Å². The van der Waals surface area contributed by atoms with E-state index in [0.717, 1.165) is 5.56 Å². The molecule has 0 saturated heterocycles. The molecular formula is C20H18O3. The van der Waals surface area contributed by atoms with Crippen molar-refractivity contribution in [2.45, 2.75) is 12.5 Å². The summed E-state index contributed by atoms with van der Waals surface area (Å²) in [5.41, 5.74) is 1.60. The summed E-state index contributed by atoms with van der Waals surface area (Å²) in [6, 6.07) is 22.2. The van der Waals surface area contributed by atoms with Gasteiger partial charge in [0.1, 0.15) is 11.9 Å².